The van der Waals surface area contributed by atoms with Gasteiger partial charge in [0.2, 0.25) is 5.96 Å². The van der Waals surface area contributed by atoms with E-state index in [1.54, 1.807) is 28.9 Å². The van der Waals surface area contributed by atoms with Gasteiger partial charge < -0.3 is 11.5 Å². The Morgan fingerprint density at radius 3 is 2.57 bits per heavy atom. The van der Waals surface area contributed by atoms with Crippen LogP contribution >= 0.6 is 35.1 Å². The topological polar surface area (TPSA) is 94.1 Å². The predicted molar refractivity (Wildman–Crippen MR) is 101 cm³/mol. The maximum Gasteiger partial charge on any atom is 0.211 e. The van der Waals surface area contributed by atoms with Gasteiger partial charge >= 0.3 is 0 Å². The van der Waals surface area contributed by atoms with Gasteiger partial charge in [-0.05, 0) is 26.8 Å². The zero-order valence-electron chi connectivity index (χ0n) is 12.9. The molecule has 4 N–H and O–H groups in total. The van der Waals surface area contributed by atoms with Gasteiger partial charge in [-0.15, -0.1) is 40.2 Å². The minimum atomic E-state index is -0.0670. The van der Waals surface area contributed by atoms with Crippen LogP contribution in [-0.2, 0) is 0 Å². The second-order valence-corrected chi connectivity index (χ2v) is 7.61. The first kappa shape index (κ1) is 17.5. The number of aryl methyl sites for hydroxylation is 3. The van der Waals surface area contributed by atoms with Gasteiger partial charge in [0.1, 0.15) is 5.69 Å². The number of fused-ring (bicyclic) bond motifs is 1. The molecule has 3 rings (SSSR count). The molecule has 3 aromatic rings. The fraction of sp³-hybridized carbons (Fsp3) is 0.214. The molecule has 0 aliphatic heterocycles. The minimum Gasteiger partial charge on any atom is -0.369 e. The fourth-order valence-electron chi connectivity index (χ4n) is 2.31. The molecule has 0 aliphatic rings. The Morgan fingerprint density at radius 2 is 1.96 bits per heavy atom. The van der Waals surface area contributed by atoms with Crippen LogP contribution in [-0.4, -0.2) is 21.6 Å². The summed E-state index contributed by atoms with van der Waals surface area (Å²) in [7, 11) is 0. The molecular formula is C14H17ClN6S2. The summed E-state index contributed by atoms with van der Waals surface area (Å²) in [6.45, 7) is 6.25. The number of halogens is 1. The molecule has 122 valence electrons. The summed E-state index contributed by atoms with van der Waals surface area (Å²) in [5.41, 5.74) is 13.6. The van der Waals surface area contributed by atoms with Crippen LogP contribution in [0.3, 0.4) is 0 Å². The van der Waals surface area contributed by atoms with Crippen molar-refractivity contribution in [1.82, 2.24) is 9.38 Å². The van der Waals surface area contributed by atoms with E-state index in [1.807, 2.05) is 10.6 Å². The van der Waals surface area contributed by atoms with Crippen LogP contribution in [0, 0.1) is 20.8 Å². The number of rotatable bonds is 3. The second kappa shape index (κ2) is 6.69. The second-order valence-electron chi connectivity index (χ2n) is 4.94. The van der Waals surface area contributed by atoms with E-state index in [1.165, 1.54) is 14.6 Å². The Hall–Kier alpha value is -1.90. The molecule has 0 bridgehead atoms. The van der Waals surface area contributed by atoms with Crippen LogP contribution in [0.15, 0.2) is 22.5 Å². The third kappa shape index (κ3) is 3.39. The van der Waals surface area contributed by atoms with Gasteiger partial charge in [-0.2, -0.15) is 5.10 Å². The zero-order valence-corrected chi connectivity index (χ0v) is 15.3. The first-order valence-electron chi connectivity index (χ1n) is 6.63. The largest absolute Gasteiger partial charge is 0.369 e. The van der Waals surface area contributed by atoms with Gasteiger partial charge in [0, 0.05) is 26.4 Å². The van der Waals surface area contributed by atoms with Crippen molar-refractivity contribution in [3.8, 4) is 11.3 Å². The lowest BCUT2D eigenvalue weighted by Gasteiger charge is -1.98. The van der Waals surface area contributed by atoms with Crippen molar-refractivity contribution in [2.24, 2.45) is 21.7 Å². The van der Waals surface area contributed by atoms with Gasteiger partial charge in [0.15, 0.2) is 4.96 Å². The summed E-state index contributed by atoms with van der Waals surface area (Å²) in [6, 6.07) is 2.15. The average molecular weight is 369 g/mol. The molecule has 0 spiro atoms. The molecule has 0 aromatic carbocycles. The quantitative estimate of drug-likeness (QED) is 0.422. The van der Waals surface area contributed by atoms with E-state index in [9.17, 15) is 0 Å². The molecule has 23 heavy (non-hydrogen) atoms. The normalized spacial score (nSPS) is 11.1. The van der Waals surface area contributed by atoms with E-state index in [4.69, 9.17) is 16.5 Å². The van der Waals surface area contributed by atoms with Crippen molar-refractivity contribution < 1.29 is 0 Å². The number of hydrogen-bond donors (Lipinski definition) is 2. The lowest BCUT2D eigenvalue weighted by molar-refractivity contribution is 1.17. The van der Waals surface area contributed by atoms with Crippen LogP contribution in [0.2, 0.25) is 0 Å². The first-order valence-corrected chi connectivity index (χ1v) is 8.27. The van der Waals surface area contributed by atoms with Crippen LogP contribution in [0.5, 0.6) is 0 Å². The number of nitrogens with two attached hydrogens (primary N) is 2. The number of thiazole rings is 1. The monoisotopic (exact) mass is 368 g/mol. The highest BCUT2D eigenvalue weighted by atomic mass is 35.5. The molecule has 0 saturated carbocycles. The highest BCUT2D eigenvalue weighted by Gasteiger charge is 2.17. The molecule has 0 amide bonds. The fourth-order valence-corrected chi connectivity index (χ4v) is 4.07. The van der Waals surface area contributed by atoms with E-state index in [2.05, 4.69) is 37.0 Å². The standard InChI is InChI=1S/C14H16N6S2.ClH/c1-7-4-10(9(3)21-7)12-11(5-17-19-13(15)16)20-6-8(2)22-14(20)18-12;/h4-6H,1-3H3,(H4,15,16,19);1H/b17-5+;. The van der Waals surface area contributed by atoms with Crippen molar-refractivity contribution >= 4 is 52.2 Å². The van der Waals surface area contributed by atoms with Crippen molar-refractivity contribution in [2.75, 3.05) is 0 Å². The molecule has 0 radical (unpaired) electrons. The molecule has 0 fully saturated rings. The predicted octanol–water partition coefficient (Wildman–Crippen LogP) is 3.08. The molecule has 0 unspecified atom stereocenters. The number of imidazole rings is 1. The molecule has 9 heteroatoms. The van der Waals surface area contributed by atoms with Crippen molar-refractivity contribution in [3.05, 3.63) is 32.6 Å². The van der Waals surface area contributed by atoms with Gasteiger partial charge in [-0.25, -0.2) is 4.98 Å². The van der Waals surface area contributed by atoms with Crippen LogP contribution in [0.25, 0.3) is 16.2 Å². The molecule has 0 atom stereocenters. The van der Waals surface area contributed by atoms with Gasteiger partial charge in [0.25, 0.3) is 0 Å². The Morgan fingerprint density at radius 1 is 1.22 bits per heavy atom. The smallest absolute Gasteiger partial charge is 0.211 e. The van der Waals surface area contributed by atoms with E-state index in [0.717, 1.165) is 21.9 Å². The number of guanidine groups is 1. The molecule has 0 aliphatic carbocycles. The summed E-state index contributed by atoms with van der Waals surface area (Å²) in [6.07, 6.45) is 3.69. The van der Waals surface area contributed by atoms with Gasteiger partial charge in [-0.1, -0.05) is 0 Å². The van der Waals surface area contributed by atoms with Crippen LogP contribution < -0.4 is 11.5 Å². The Bertz CT molecular complexity index is 898. The Balaban J connectivity index is 0.00000192. The number of aromatic nitrogens is 2. The average Bonchev–Trinajstić information content (AvgIpc) is 3.03. The molecule has 6 nitrogen and oxygen atoms in total. The van der Waals surface area contributed by atoms with Crippen LogP contribution in [0.1, 0.15) is 20.3 Å². The third-order valence-electron chi connectivity index (χ3n) is 3.13. The van der Waals surface area contributed by atoms with E-state index in [0.29, 0.717) is 0 Å². The summed E-state index contributed by atoms with van der Waals surface area (Å²) in [5, 5.41) is 7.64. The third-order valence-corrected chi connectivity index (χ3v) is 4.99. The molecule has 3 heterocycles. The summed E-state index contributed by atoms with van der Waals surface area (Å²) >= 11 is 3.40. The zero-order chi connectivity index (χ0) is 15.9. The minimum absolute atomic E-state index is 0. The van der Waals surface area contributed by atoms with Crippen LogP contribution in [0.4, 0.5) is 0 Å². The maximum absolute atomic E-state index is 5.32. The highest BCUT2D eigenvalue weighted by Crippen LogP contribution is 2.33. The van der Waals surface area contributed by atoms with E-state index < -0.39 is 0 Å². The number of thiophene rings is 1. The summed E-state index contributed by atoms with van der Waals surface area (Å²) in [5.74, 6) is -0.0670. The highest BCUT2D eigenvalue weighted by molar-refractivity contribution is 7.17. The van der Waals surface area contributed by atoms with Gasteiger partial charge in [0.05, 0.1) is 11.9 Å². The van der Waals surface area contributed by atoms with Gasteiger partial charge in [-0.3, -0.25) is 4.40 Å². The van der Waals surface area contributed by atoms with Crippen molar-refractivity contribution in [2.45, 2.75) is 20.8 Å². The molecule has 0 saturated heterocycles. The van der Waals surface area contributed by atoms with Crippen molar-refractivity contribution in [3.63, 3.8) is 0 Å². The SMILES string of the molecule is Cc1cc(-c2nc3sc(C)cn3c2/C=N/N=C(N)N)c(C)s1.Cl. The number of nitrogens with zero attached hydrogens (tertiary/aromatic N) is 4. The van der Waals surface area contributed by atoms with E-state index >= 15 is 0 Å². The first-order chi connectivity index (χ1) is 10.5. The summed E-state index contributed by atoms with van der Waals surface area (Å²) in [4.78, 5) is 9.37. The number of hydrogen-bond acceptors (Lipinski definition) is 5. The molecule has 3 aromatic heterocycles. The Kier molecular flexibility index (Phi) is 5.08. The van der Waals surface area contributed by atoms with E-state index in [-0.39, 0.29) is 18.4 Å². The van der Waals surface area contributed by atoms with Crippen molar-refractivity contribution in [1.29, 1.82) is 0 Å². The lowest BCUT2D eigenvalue weighted by Crippen LogP contribution is -2.21. The maximum atomic E-state index is 5.32. The summed E-state index contributed by atoms with van der Waals surface area (Å²) < 4.78 is 2.02. The lowest BCUT2D eigenvalue weighted by atomic mass is 10.1. The molecular weight excluding hydrogens is 352 g/mol. The Labute approximate surface area is 148 Å².